The summed E-state index contributed by atoms with van der Waals surface area (Å²) in [6.45, 7) is 0.368. The number of nitrogens with zero attached hydrogens (tertiary/aromatic N) is 1. The topological polar surface area (TPSA) is 80.5 Å². The van der Waals surface area contributed by atoms with Crippen molar-refractivity contribution in [3.63, 3.8) is 0 Å². The molecule has 4 bridgehead atoms. The molecule has 4 aliphatic carbocycles. The molecule has 6 heteroatoms. The molecule has 0 radical (unpaired) electrons. The zero-order valence-corrected chi connectivity index (χ0v) is 16.5. The van der Waals surface area contributed by atoms with Crippen molar-refractivity contribution in [2.45, 2.75) is 67.7 Å². The lowest BCUT2D eigenvalue weighted by Gasteiger charge is -2.57. The van der Waals surface area contributed by atoms with Crippen LogP contribution in [0.4, 0.5) is 0 Å². The number of carbonyl (C=O) groups excluding carboxylic acids is 1. The highest BCUT2D eigenvalue weighted by molar-refractivity contribution is 7.89. The Morgan fingerprint density at radius 2 is 1.56 bits per heavy atom. The van der Waals surface area contributed by atoms with E-state index in [-0.39, 0.29) is 10.3 Å². The summed E-state index contributed by atoms with van der Waals surface area (Å²) < 4.78 is 27.3. The Morgan fingerprint density at radius 3 is 2.07 bits per heavy atom. The summed E-state index contributed by atoms with van der Waals surface area (Å²) in [5.74, 6) is 2.03. The molecule has 1 heterocycles. The SMILES string of the molecule is NC(=O)[C@H]1CCCN1S(=O)(=O)c1ccc(C23CC4CC(CC(C4)C2)C3)cc1. The monoisotopic (exact) mass is 388 g/mol. The number of sulfonamides is 1. The van der Waals surface area contributed by atoms with E-state index in [4.69, 9.17) is 5.73 Å². The molecule has 1 aromatic carbocycles. The summed E-state index contributed by atoms with van der Waals surface area (Å²) in [7, 11) is -3.67. The number of nitrogens with two attached hydrogens (primary N) is 1. The molecule has 5 fully saturated rings. The zero-order valence-electron chi connectivity index (χ0n) is 15.6. The molecule has 1 amide bonds. The van der Waals surface area contributed by atoms with Crippen molar-refractivity contribution in [3.05, 3.63) is 29.8 Å². The molecular formula is C21H28N2O3S. The Bertz CT molecular complexity index is 827. The fraction of sp³-hybridized carbons (Fsp3) is 0.667. The lowest BCUT2D eigenvalue weighted by molar-refractivity contribution is -0.121. The van der Waals surface area contributed by atoms with Gasteiger partial charge in [-0.25, -0.2) is 8.42 Å². The van der Waals surface area contributed by atoms with Crippen molar-refractivity contribution in [1.29, 1.82) is 0 Å². The van der Waals surface area contributed by atoms with E-state index in [1.54, 1.807) is 12.1 Å². The summed E-state index contributed by atoms with van der Waals surface area (Å²) in [6, 6.07) is 6.86. The highest BCUT2D eigenvalue weighted by Gasteiger charge is 2.51. The van der Waals surface area contributed by atoms with Crippen molar-refractivity contribution >= 4 is 15.9 Å². The zero-order chi connectivity index (χ0) is 18.8. The molecule has 5 aliphatic rings. The van der Waals surface area contributed by atoms with Crippen molar-refractivity contribution in [2.75, 3.05) is 6.54 Å². The molecule has 0 spiro atoms. The van der Waals surface area contributed by atoms with Crippen LogP contribution in [0.2, 0.25) is 0 Å². The van der Waals surface area contributed by atoms with Gasteiger partial charge in [-0.3, -0.25) is 4.79 Å². The van der Waals surface area contributed by atoms with E-state index < -0.39 is 22.0 Å². The third kappa shape index (κ3) is 2.75. The van der Waals surface area contributed by atoms with Gasteiger partial charge in [-0.05, 0) is 92.2 Å². The van der Waals surface area contributed by atoms with Crippen LogP contribution < -0.4 is 5.73 Å². The van der Waals surface area contributed by atoms with Crippen molar-refractivity contribution in [2.24, 2.45) is 23.5 Å². The van der Waals surface area contributed by atoms with Gasteiger partial charge in [-0.1, -0.05) is 12.1 Å². The van der Waals surface area contributed by atoms with Gasteiger partial charge in [-0.15, -0.1) is 0 Å². The Morgan fingerprint density at radius 1 is 1.00 bits per heavy atom. The van der Waals surface area contributed by atoms with Crippen LogP contribution in [0.1, 0.15) is 56.9 Å². The van der Waals surface area contributed by atoms with Gasteiger partial charge in [0.05, 0.1) is 4.90 Å². The van der Waals surface area contributed by atoms with Crippen LogP contribution in [0.25, 0.3) is 0 Å². The summed E-state index contributed by atoms with van der Waals surface area (Å²) >= 11 is 0. The minimum Gasteiger partial charge on any atom is -0.368 e. The van der Waals surface area contributed by atoms with Crippen LogP contribution in [0.3, 0.4) is 0 Å². The van der Waals surface area contributed by atoms with Gasteiger partial charge in [0.2, 0.25) is 15.9 Å². The molecule has 1 aromatic rings. The molecule has 1 saturated heterocycles. The van der Waals surface area contributed by atoms with Crippen LogP contribution in [-0.4, -0.2) is 31.2 Å². The highest BCUT2D eigenvalue weighted by Crippen LogP contribution is 2.60. The quantitative estimate of drug-likeness (QED) is 0.861. The van der Waals surface area contributed by atoms with Gasteiger partial charge >= 0.3 is 0 Å². The highest BCUT2D eigenvalue weighted by atomic mass is 32.2. The number of rotatable bonds is 4. The number of carbonyl (C=O) groups is 1. The van der Waals surface area contributed by atoms with E-state index in [2.05, 4.69) is 0 Å². The summed E-state index contributed by atoms with van der Waals surface area (Å²) in [5.41, 5.74) is 6.99. The first kappa shape index (κ1) is 17.7. The van der Waals surface area contributed by atoms with E-state index in [1.165, 1.54) is 48.4 Å². The fourth-order valence-corrected chi connectivity index (χ4v) is 8.56. The van der Waals surface area contributed by atoms with Gasteiger partial charge in [-0.2, -0.15) is 4.31 Å². The smallest absolute Gasteiger partial charge is 0.243 e. The molecule has 146 valence electrons. The number of hydrogen-bond donors (Lipinski definition) is 1. The van der Waals surface area contributed by atoms with Gasteiger partial charge in [0, 0.05) is 6.54 Å². The molecule has 4 saturated carbocycles. The lowest BCUT2D eigenvalue weighted by Crippen LogP contribution is -2.48. The Kier molecular flexibility index (Phi) is 3.96. The van der Waals surface area contributed by atoms with E-state index in [0.717, 1.165) is 17.8 Å². The maximum Gasteiger partial charge on any atom is 0.243 e. The van der Waals surface area contributed by atoms with E-state index in [0.29, 0.717) is 19.4 Å². The van der Waals surface area contributed by atoms with Gasteiger partial charge in [0.15, 0.2) is 0 Å². The second-order valence-electron chi connectivity index (χ2n) is 9.40. The van der Waals surface area contributed by atoms with Crippen molar-refractivity contribution in [3.8, 4) is 0 Å². The summed E-state index contributed by atoms with van der Waals surface area (Å²) in [6.07, 6.45) is 9.18. The number of amides is 1. The van der Waals surface area contributed by atoms with Crippen molar-refractivity contribution < 1.29 is 13.2 Å². The van der Waals surface area contributed by atoms with Crippen LogP contribution in [0, 0.1) is 17.8 Å². The fourth-order valence-electron chi connectivity index (χ4n) is 6.89. The van der Waals surface area contributed by atoms with Crippen LogP contribution >= 0.6 is 0 Å². The van der Waals surface area contributed by atoms with Crippen LogP contribution in [0.5, 0.6) is 0 Å². The number of benzene rings is 1. The van der Waals surface area contributed by atoms with Crippen LogP contribution in [0.15, 0.2) is 29.2 Å². The number of hydrogen-bond acceptors (Lipinski definition) is 3. The molecule has 6 rings (SSSR count). The van der Waals surface area contributed by atoms with Gasteiger partial charge in [0.1, 0.15) is 6.04 Å². The van der Waals surface area contributed by atoms with E-state index >= 15 is 0 Å². The Labute approximate surface area is 161 Å². The maximum absolute atomic E-state index is 13.0. The van der Waals surface area contributed by atoms with Crippen LogP contribution in [-0.2, 0) is 20.2 Å². The standard InChI is InChI=1S/C21H28N2O3S/c22-20(24)19-2-1-7-23(19)27(25,26)18-5-3-17(4-6-18)21-11-14-8-15(12-21)10-16(9-14)13-21/h3-6,14-16,19H,1-2,7-13H2,(H2,22,24)/t14?,15?,16?,19-,21?/m1/s1. The average Bonchev–Trinajstić information content (AvgIpc) is 3.12. The second-order valence-corrected chi connectivity index (χ2v) is 11.3. The second kappa shape index (κ2) is 6.05. The van der Waals surface area contributed by atoms with Gasteiger partial charge < -0.3 is 5.73 Å². The minimum absolute atomic E-state index is 0.264. The first-order valence-electron chi connectivity index (χ1n) is 10.3. The number of primary amides is 1. The van der Waals surface area contributed by atoms with Crippen molar-refractivity contribution in [1.82, 2.24) is 4.31 Å². The predicted octanol–water partition coefficient (Wildman–Crippen LogP) is 2.79. The Hall–Kier alpha value is -1.40. The molecule has 5 nitrogen and oxygen atoms in total. The first-order chi connectivity index (χ1) is 12.9. The minimum atomic E-state index is -3.67. The first-order valence-corrected chi connectivity index (χ1v) is 11.7. The molecule has 0 unspecified atom stereocenters. The molecule has 1 atom stereocenters. The van der Waals surface area contributed by atoms with E-state index in [1.807, 2.05) is 12.1 Å². The molecular weight excluding hydrogens is 360 g/mol. The molecule has 1 aliphatic heterocycles. The average molecular weight is 389 g/mol. The molecule has 27 heavy (non-hydrogen) atoms. The van der Waals surface area contributed by atoms with Gasteiger partial charge in [0.25, 0.3) is 0 Å². The Balaban J connectivity index is 1.43. The summed E-state index contributed by atoms with van der Waals surface area (Å²) in [5, 5.41) is 0. The lowest BCUT2D eigenvalue weighted by atomic mass is 9.48. The molecule has 0 aromatic heterocycles. The third-order valence-corrected chi connectivity index (χ3v) is 9.57. The maximum atomic E-state index is 13.0. The summed E-state index contributed by atoms with van der Waals surface area (Å²) in [4.78, 5) is 11.9. The normalized spacial score (nSPS) is 38.4. The largest absolute Gasteiger partial charge is 0.368 e. The third-order valence-electron chi connectivity index (χ3n) is 7.64. The molecule has 2 N–H and O–H groups in total. The predicted molar refractivity (Wildman–Crippen MR) is 102 cm³/mol. The van der Waals surface area contributed by atoms with E-state index in [9.17, 15) is 13.2 Å².